The smallest absolute Gasteiger partial charge is 0.343 e. The zero-order valence-corrected chi connectivity index (χ0v) is 12.6. The van der Waals surface area contributed by atoms with Crippen LogP contribution in [0.1, 0.15) is 15.9 Å². The number of carboxylic acid groups (broad SMARTS) is 1. The van der Waals surface area contributed by atoms with Gasteiger partial charge in [-0.05, 0) is 5.56 Å². The Labute approximate surface area is 132 Å². The summed E-state index contributed by atoms with van der Waals surface area (Å²) < 4.78 is 24.7. The first kappa shape index (κ1) is 15.1. The van der Waals surface area contributed by atoms with Crippen molar-refractivity contribution >= 4 is 11.7 Å². The van der Waals surface area contributed by atoms with Crippen LogP contribution >= 0.6 is 0 Å². The van der Waals surface area contributed by atoms with Gasteiger partial charge in [-0.1, -0.05) is 30.3 Å². The fourth-order valence-electron chi connectivity index (χ4n) is 2.72. The number of aromatic carboxylic acids is 1. The summed E-state index contributed by atoms with van der Waals surface area (Å²) in [4.78, 5) is 13.4. The number of carboxylic acids is 1. The Morgan fingerprint density at radius 3 is 2.78 bits per heavy atom. The Morgan fingerprint density at radius 2 is 2.13 bits per heavy atom. The molecule has 5 nitrogen and oxygen atoms in total. The lowest BCUT2D eigenvalue weighted by Gasteiger charge is -2.32. The molecule has 120 valence electrons. The van der Waals surface area contributed by atoms with Gasteiger partial charge >= 0.3 is 5.97 Å². The zero-order valence-electron chi connectivity index (χ0n) is 12.6. The van der Waals surface area contributed by atoms with E-state index >= 15 is 0 Å². The van der Waals surface area contributed by atoms with Gasteiger partial charge < -0.3 is 19.5 Å². The molecule has 0 amide bonds. The molecule has 0 atom stereocenters. The van der Waals surface area contributed by atoms with Crippen molar-refractivity contribution in [2.75, 3.05) is 25.2 Å². The molecule has 2 aromatic rings. The standard InChI is InChI=1S/C17H16FNO4/c1-22-15-12(18)9-13-16(14(15)17(20)21)23-8-7-19(13)10-11-5-3-2-4-6-11/h2-6,9H,7-8,10H2,1H3,(H,20,21). The van der Waals surface area contributed by atoms with Crippen molar-refractivity contribution in [3.8, 4) is 11.5 Å². The molecule has 1 aliphatic heterocycles. The number of fused-ring (bicyclic) bond motifs is 1. The molecular weight excluding hydrogens is 301 g/mol. The second kappa shape index (κ2) is 6.16. The summed E-state index contributed by atoms with van der Waals surface area (Å²) in [5.41, 5.74) is 1.20. The van der Waals surface area contributed by atoms with Crippen molar-refractivity contribution in [3.05, 3.63) is 53.3 Å². The van der Waals surface area contributed by atoms with E-state index in [1.54, 1.807) is 0 Å². The Kier molecular flexibility index (Phi) is 4.06. The van der Waals surface area contributed by atoms with Crippen molar-refractivity contribution in [3.63, 3.8) is 0 Å². The number of methoxy groups -OCH3 is 1. The fourth-order valence-corrected chi connectivity index (χ4v) is 2.72. The number of hydrogen-bond donors (Lipinski definition) is 1. The van der Waals surface area contributed by atoms with Crippen LogP contribution in [0.15, 0.2) is 36.4 Å². The van der Waals surface area contributed by atoms with Crippen LogP contribution in [-0.4, -0.2) is 31.3 Å². The highest BCUT2D eigenvalue weighted by Crippen LogP contribution is 2.42. The molecule has 3 rings (SSSR count). The van der Waals surface area contributed by atoms with Crippen LogP contribution in [0, 0.1) is 5.82 Å². The van der Waals surface area contributed by atoms with Gasteiger partial charge in [-0.3, -0.25) is 0 Å². The molecule has 0 saturated carbocycles. The van der Waals surface area contributed by atoms with Gasteiger partial charge in [0.25, 0.3) is 0 Å². The highest BCUT2D eigenvalue weighted by molar-refractivity contribution is 5.97. The topological polar surface area (TPSA) is 59.0 Å². The number of ether oxygens (including phenoxy) is 2. The van der Waals surface area contributed by atoms with Gasteiger partial charge in [0.1, 0.15) is 12.2 Å². The van der Waals surface area contributed by atoms with E-state index in [-0.39, 0.29) is 17.1 Å². The lowest BCUT2D eigenvalue weighted by molar-refractivity contribution is 0.0687. The molecule has 0 bridgehead atoms. The first-order valence-corrected chi connectivity index (χ1v) is 7.17. The number of nitrogens with zero attached hydrogens (tertiary/aromatic N) is 1. The van der Waals surface area contributed by atoms with Crippen LogP contribution < -0.4 is 14.4 Å². The predicted molar refractivity (Wildman–Crippen MR) is 82.9 cm³/mol. The number of rotatable bonds is 4. The van der Waals surface area contributed by atoms with Crippen molar-refractivity contribution in [1.29, 1.82) is 0 Å². The second-order valence-corrected chi connectivity index (χ2v) is 5.18. The second-order valence-electron chi connectivity index (χ2n) is 5.18. The number of carbonyl (C=O) groups is 1. The third-order valence-corrected chi connectivity index (χ3v) is 3.75. The number of hydrogen-bond acceptors (Lipinski definition) is 4. The van der Waals surface area contributed by atoms with E-state index in [9.17, 15) is 14.3 Å². The molecule has 6 heteroatoms. The molecule has 0 fully saturated rings. The van der Waals surface area contributed by atoms with E-state index in [0.29, 0.717) is 25.4 Å². The highest BCUT2D eigenvalue weighted by Gasteiger charge is 2.30. The monoisotopic (exact) mass is 317 g/mol. The molecule has 1 N–H and O–H groups in total. The first-order valence-electron chi connectivity index (χ1n) is 7.17. The summed E-state index contributed by atoms with van der Waals surface area (Å²) in [5.74, 6) is -2.15. The lowest BCUT2D eigenvalue weighted by atomic mass is 10.1. The zero-order chi connectivity index (χ0) is 16.4. The molecule has 0 saturated heterocycles. The van der Waals surface area contributed by atoms with E-state index in [1.807, 2.05) is 35.2 Å². The summed E-state index contributed by atoms with van der Waals surface area (Å²) in [6.07, 6.45) is 0. The van der Waals surface area contributed by atoms with Gasteiger partial charge in [0.2, 0.25) is 0 Å². The van der Waals surface area contributed by atoms with Gasteiger partial charge in [-0.25, -0.2) is 9.18 Å². The van der Waals surface area contributed by atoms with E-state index in [2.05, 4.69) is 0 Å². The molecule has 1 heterocycles. The number of benzene rings is 2. The van der Waals surface area contributed by atoms with Crippen molar-refractivity contribution in [2.45, 2.75) is 6.54 Å². The van der Waals surface area contributed by atoms with Crippen molar-refractivity contribution in [1.82, 2.24) is 0 Å². The third kappa shape index (κ3) is 2.79. The molecule has 0 aliphatic carbocycles. The Bertz CT molecular complexity index is 733. The van der Waals surface area contributed by atoms with Gasteiger partial charge in [-0.15, -0.1) is 0 Å². The lowest BCUT2D eigenvalue weighted by Crippen LogP contribution is -2.33. The van der Waals surface area contributed by atoms with E-state index in [4.69, 9.17) is 9.47 Å². The number of halogens is 1. The van der Waals surface area contributed by atoms with E-state index in [1.165, 1.54) is 13.2 Å². The SMILES string of the molecule is COc1c(F)cc2c(c1C(=O)O)OCCN2Cc1ccccc1. The number of anilines is 1. The maximum absolute atomic E-state index is 14.2. The van der Waals surface area contributed by atoms with Crippen molar-refractivity contribution in [2.24, 2.45) is 0 Å². The van der Waals surface area contributed by atoms with Gasteiger partial charge in [0, 0.05) is 12.6 Å². The minimum absolute atomic E-state index is 0.151. The molecule has 0 aromatic heterocycles. The first-order chi connectivity index (χ1) is 11.1. The average molecular weight is 317 g/mol. The van der Waals surface area contributed by atoms with Gasteiger partial charge in [0.05, 0.1) is 19.3 Å². The fraction of sp³-hybridized carbons (Fsp3) is 0.235. The minimum atomic E-state index is -1.28. The third-order valence-electron chi connectivity index (χ3n) is 3.75. The molecule has 0 unspecified atom stereocenters. The molecule has 1 aliphatic rings. The summed E-state index contributed by atoms with van der Waals surface area (Å²) in [7, 11) is 1.24. The Balaban J connectivity index is 2.06. The Morgan fingerprint density at radius 1 is 1.39 bits per heavy atom. The van der Waals surface area contributed by atoms with E-state index < -0.39 is 11.8 Å². The van der Waals surface area contributed by atoms with Crippen LogP contribution in [0.2, 0.25) is 0 Å². The average Bonchev–Trinajstić information content (AvgIpc) is 2.55. The van der Waals surface area contributed by atoms with Crippen LogP contribution in [0.4, 0.5) is 10.1 Å². The van der Waals surface area contributed by atoms with Gasteiger partial charge in [0.15, 0.2) is 17.3 Å². The Hall–Kier alpha value is -2.76. The molecule has 23 heavy (non-hydrogen) atoms. The van der Waals surface area contributed by atoms with Crippen LogP contribution in [0.5, 0.6) is 11.5 Å². The van der Waals surface area contributed by atoms with E-state index in [0.717, 1.165) is 5.56 Å². The quantitative estimate of drug-likeness (QED) is 0.939. The molecule has 0 spiro atoms. The summed E-state index contributed by atoms with van der Waals surface area (Å²) in [6, 6.07) is 11.0. The van der Waals surface area contributed by atoms with Crippen LogP contribution in [-0.2, 0) is 6.54 Å². The minimum Gasteiger partial charge on any atom is -0.493 e. The van der Waals surface area contributed by atoms with Gasteiger partial charge in [-0.2, -0.15) is 0 Å². The largest absolute Gasteiger partial charge is 0.493 e. The summed E-state index contributed by atoms with van der Waals surface area (Å²) in [6.45, 7) is 1.42. The van der Waals surface area contributed by atoms with Crippen LogP contribution in [0.25, 0.3) is 0 Å². The van der Waals surface area contributed by atoms with Crippen molar-refractivity contribution < 1.29 is 23.8 Å². The van der Waals surface area contributed by atoms with Crippen LogP contribution in [0.3, 0.4) is 0 Å². The maximum atomic E-state index is 14.2. The molecular formula is C17H16FNO4. The molecule has 0 radical (unpaired) electrons. The normalized spacial score (nSPS) is 13.2. The summed E-state index contributed by atoms with van der Waals surface area (Å²) in [5, 5.41) is 9.41. The maximum Gasteiger partial charge on any atom is 0.343 e. The predicted octanol–water partition coefficient (Wildman–Crippen LogP) is 2.93. The molecule has 2 aromatic carbocycles. The summed E-state index contributed by atoms with van der Waals surface area (Å²) >= 11 is 0. The highest BCUT2D eigenvalue weighted by atomic mass is 19.1.